The third-order valence-corrected chi connectivity index (χ3v) is 4.90. The molecule has 158 valence electrons. The van der Waals surface area contributed by atoms with Crippen LogP contribution in [0, 0.1) is 0 Å². The van der Waals surface area contributed by atoms with Gasteiger partial charge in [0, 0.05) is 18.5 Å². The van der Waals surface area contributed by atoms with Gasteiger partial charge in [0.25, 0.3) is 0 Å². The predicted molar refractivity (Wildman–Crippen MR) is 124 cm³/mol. The summed E-state index contributed by atoms with van der Waals surface area (Å²) in [7, 11) is 0. The Labute approximate surface area is 185 Å². The normalized spacial score (nSPS) is 10.8. The molecule has 0 radical (unpaired) electrons. The Morgan fingerprint density at radius 3 is 1.53 bits per heavy atom. The first-order valence-electron chi connectivity index (χ1n) is 10.3. The van der Waals surface area contributed by atoms with Crippen molar-refractivity contribution >= 4 is 11.6 Å². The molecular weight excluding hydrogens is 400 g/mol. The van der Waals surface area contributed by atoms with Crippen LogP contribution in [0.2, 0.25) is 0 Å². The van der Waals surface area contributed by atoms with Crippen LogP contribution in [0.15, 0.2) is 97.6 Å². The maximum absolute atomic E-state index is 4.61. The minimum absolute atomic E-state index is 0.567. The molecule has 3 heterocycles. The smallest absolute Gasteiger partial charge is 0.131 e. The Morgan fingerprint density at radius 2 is 1.06 bits per heavy atom. The molecule has 0 spiro atoms. The van der Waals surface area contributed by atoms with Crippen molar-refractivity contribution in [2.75, 3.05) is 10.6 Å². The Morgan fingerprint density at radius 1 is 0.594 bits per heavy atom. The standard InChI is InChI=1S/C24H22N8/c1-3-7-21(8-4-1)31-13-11-19(29-31)16-25-23-15-24(28-18-27-23)26-17-20-12-14-32(30-20)22-9-5-2-6-10-22/h1-15,18H,16-17H2,(H2,25,26,27,28). The van der Waals surface area contributed by atoms with E-state index < -0.39 is 0 Å². The van der Waals surface area contributed by atoms with E-state index >= 15 is 0 Å². The van der Waals surface area contributed by atoms with Gasteiger partial charge >= 0.3 is 0 Å². The number of rotatable bonds is 8. The van der Waals surface area contributed by atoms with Crippen LogP contribution in [0.4, 0.5) is 11.6 Å². The highest BCUT2D eigenvalue weighted by molar-refractivity contribution is 5.46. The van der Waals surface area contributed by atoms with Crippen LogP contribution in [0.25, 0.3) is 11.4 Å². The number of benzene rings is 2. The highest BCUT2D eigenvalue weighted by atomic mass is 15.3. The van der Waals surface area contributed by atoms with E-state index in [9.17, 15) is 0 Å². The Bertz CT molecular complexity index is 1180. The van der Waals surface area contributed by atoms with Gasteiger partial charge in [0.15, 0.2) is 0 Å². The maximum Gasteiger partial charge on any atom is 0.131 e. The lowest BCUT2D eigenvalue weighted by Crippen LogP contribution is -2.06. The van der Waals surface area contributed by atoms with Gasteiger partial charge in [-0.25, -0.2) is 19.3 Å². The highest BCUT2D eigenvalue weighted by Gasteiger charge is 2.05. The first-order valence-corrected chi connectivity index (χ1v) is 10.3. The van der Waals surface area contributed by atoms with E-state index in [1.807, 2.05) is 101 Å². The van der Waals surface area contributed by atoms with Crippen LogP contribution < -0.4 is 10.6 Å². The van der Waals surface area contributed by atoms with Gasteiger partial charge in [0.2, 0.25) is 0 Å². The van der Waals surface area contributed by atoms with Crippen molar-refractivity contribution in [1.29, 1.82) is 0 Å². The molecule has 0 saturated carbocycles. The van der Waals surface area contributed by atoms with E-state index in [2.05, 4.69) is 30.8 Å². The molecule has 0 unspecified atom stereocenters. The summed E-state index contributed by atoms with van der Waals surface area (Å²) in [6.07, 6.45) is 5.44. The predicted octanol–water partition coefficient (Wildman–Crippen LogP) is 4.07. The van der Waals surface area contributed by atoms with Gasteiger partial charge in [0.1, 0.15) is 18.0 Å². The van der Waals surface area contributed by atoms with Crippen molar-refractivity contribution in [2.24, 2.45) is 0 Å². The first-order chi connectivity index (χ1) is 15.8. The van der Waals surface area contributed by atoms with Crippen molar-refractivity contribution in [3.05, 3.63) is 109 Å². The third kappa shape index (κ3) is 4.65. The monoisotopic (exact) mass is 422 g/mol. The summed E-state index contributed by atoms with van der Waals surface area (Å²) in [6, 6.07) is 25.9. The molecule has 8 nitrogen and oxygen atoms in total. The van der Waals surface area contributed by atoms with Crippen molar-refractivity contribution in [3.63, 3.8) is 0 Å². The second-order valence-electron chi connectivity index (χ2n) is 7.17. The van der Waals surface area contributed by atoms with Crippen LogP contribution in [-0.4, -0.2) is 29.5 Å². The largest absolute Gasteiger partial charge is 0.364 e. The molecule has 0 atom stereocenters. The summed E-state index contributed by atoms with van der Waals surface area (Å²) < 4.78 is 3.72. The molecule has 3 aromatic heterocycles. The van der Waals surface area contributed by atoms with Crippen LogP contribution in [-0.2, 0) is 13.1 Å². The van der Waals surface area contributed by atoms with Gasteiger partial charge in [-0.15, -0.1) is 0 Å². The lowest BCUT2D eigenvalue weighted by Gasteiger charge is -2.07. The van der Waals surface area contributed by atoms with E-state index in [1.54, 1.807) is 0 Å². The van der Waals surface area contributed by atoms with Crippen molar-refractivity contribution in [1.82, 2.24) is 29.5 Å². The zero-order chi connectivity index (χ0) is 21.6. The van der Waals surface area contributed by atoms with Gasteiger partial charge in [-0.1, -0.05) is 36.4 Å². The Hall–Kier alpha value is -4.46. The molecule has 0 fully saturated rings. The first kappa shape index (κ1) is 19.5. The summed E-state index contributed by atoms with van der Waals surface area (Å²) in [6.45, 7) is 1.13. The zero-order valence-electron chi connectivity index (χ0n) is 17.3. The Balaban J connectivity index is 1.17. The summed E-state index contributed by atoms with van der Waals surface area (Å²) in [5.74, 6) is 1.46. The fourth-order valence-electron chi connectivity index (χ4n) is 3.27. The topological polar surface area (TPSA) is 85.5 Å². The SMILES string of the molecule is c1ccc(-n2ccc(CNc3cc(NCc4ccn(-c5ccccc5)n4)ncn3)n2)cc1. The van der Waals surface area contributed by atoms with Gasteiger partial charge in [-0.3, -0.25) is 0 Å². The third-order valence-electron chi connectivity index (χ3n) is 4.90. The lowest BCUT2D eigenvalue weighted by molar-refractivity contribution is 0.841. The molecule has 0 aliphatic heterocycles. The van der Waals surface area contributed by atoms with E-state index in [1.165, 1.54) is 6.33 Å². The summed E-state index contributed by atoms with van der Waals surface area (Å²) in [4.78, 5) is 8.60. The number of anilines is 2. The van der Waals surface area contributed by atoms with Crippen molar-refractivity contribution < 1.29 is 0 Å². The summed E-state index contributed by atoms with van der Waals surface area (Å²) in [5, 5.41) is 15.8. The quantitative estimate of drug-likeness (QED) is 0.392. The zero-order valence-corrected chi connectivity index (χ0v) is 17.3. The van der Waals surface area contributed by atoms with E-state index in [4.69, 9.17) is 0 Å². The molecule has 0 aliphatic carbocycles. The average molecular weight is 422 g/mol. The van der Waals surface area contributed by atoms with Gasteiger partial charge in [0.05, 0.1) is 35.9 Å². The number of nitrogens with zero attached hydrogens (tertiary/aromatic N) is 6. The van der Waals surface area contributed by atoms with Gasteiger partial charge < -0.3 is 10.6 Å². The van der Waals surface area contributed by atoms with Gasteiger partial charge in [-0.05, 0) is 36.4 Å². The molecular formula is C24H22N8. The van der Waals surface area contributed by atoms with Crippen LogP contribution in [0.5, 0.6) is 0 Å². The summed E-state index contributed by atoms with van der Waals surface area (Å²) >= 11 is 0. The van der Waals surface area contributed by atoms with Crippen molar-refractivity contribution in [3.8, 4) is 11.4 Å². The molecule has 0 bridgehead atoms. The molecule has 2 aromatic carbocycles. The van der Waals surface area contributed by atoms with E-state index in [0.29, 0.717) is 13.1 Å². The second-order valence-corrected chi connectivity index (χ2v) is 7.17. The maximum atomic E-state index is 4.61. The molecule has 5 aromatic rings. The minimum Gasteiger partial charge on any atom is -0.364 e. The molecule has 5 rings (SSSR count). The van der Waals surface area contributed by atoms with Gasteiger partial charge in [-0.2, -0.15) is 10.2 Å². The Kier molecular flexibility index (Phi) is 5.56. The van der Waals surface area contributed by atoms with E-state index in [-0.39, 0.29) is 0 Å². The fourth-order valence-corrected chi connectivity index (χ4v) is 3.27. The van der Waals surface area contributed by atoms with Crippen LogP contribution >= 0.6 is 0 Å². The number of nitrogens with one attached hydrogen (secondary N) is 2. The molecule has 0 amide bonds. The number of hydrogen-bond acceptors (Lipinski definition) is 6. The summed E-state index contributed by atoms with van der Waals surface area (Å²) in [5.41, 5.74) is 3.91. The molecule has 0 saturated heterocycles. The number of para-hydroxylation sites is 2. The van der Waals surface area contributed by atoms with Crippen LogP contribution in [0.1, 0.15) is 11.4 Å². The average Bonchev–Trinajstić information content (AvgIpc) is 3.53. The fraction of sp³-hybridized carbons (Fsp3) is 0.0833. The van der Waals surface area contributed by atoms with Crippen molar-refractivity contribution in [2.45, 2.75) is 13.1 Å². The molecule has 2 N–H and O–H groups in total. The van der Waals surface area contributed by atoms with E-state index in [0.717, 1.165) is 34.4 Å². The highest BCUT2D eigenvalue weighted by Crippen LogP contribution is 2.13. The van der Waals surface area contributed by atoms with Crippen LogP contribution in [0.3, 0.4) is 0 Å². The second kappa shape index (κ2) is 9.13. The minimum atomic E-state index is 0.567. The molecule has 32 heavy (non-hydrogen) atoms. The number of aromatic nitrogens is 6. The molecule has 0 aliphatic rings. The lowest BCUT2D eigenvalue weighted by atomic mass is 10.3. The number of hydrogen-bond donors (Lipinski definition) is 2. The molecule has 8 heteroatoms.